The monoisotopic (exact) mass is 376 g/mol. The molecule has 0 aliphatic carbocycles. The lowest BCUT2D eigenvalue weighted by Gasteiger charge is -2.22. The number of carbonyl (C=O) groups excluding carboxylic acids is 1. The SMILES string of the molecule is CCOc1cccc(N(CC(=O)Nc2cccc(C)c2C)S(C)(=O)=O)c1. The van der Waals surface area contributed by atoms with Crippen LogP contribution in [-0.4, -0.2) is 33.7 Å². The van der Waals surface area contributed by atoms with Crippen LogP contribution in [0.5, 0.6) is 5.75 Å². The van der Waals surface area contributed by atoms with Crippen LogP contribution in [0.15, 0.2) is 42.5 Å². The third-order valence-electron chi connectivity index (χ3n) is 3.98. The fourth-order valence-electron chi connectivity index (χ4n) is 2.50. The Morgan fingerprint density at radius 1 is 1.15 bits per heavy atom. The van der Waals surface area contributed by atoms with Crippen LogP contribution in [-0.2, 0) is 14.8 Å². The molecule has 1 N–H and O–H groups in total. The molecular weight excluding hydrogens is 352 g/mol. The van der Waals surface area contributed by atoms with Crippen molar-refractivity contribution in [3.63, 3.8) is 0 Å². The summed E-state index contributed by atoms with van der Waals surface area (Å²) in [4.78, 5) is 12.5. The molecule has 26 heavy (non-hydrogen) atoms. The first kappa shape index (κ1) is 19.8. The van der Waals surface area contributed by atoms with Crippen LogP contribution in [0.2, 0.25) is 0 Å². The van der Waals surface area contributed by atoms with Gasteiger partial charge in [-0.05, 0) is 50.1 Å². The van der Waals surface area contributed by atoms with Gasteiger partial charge in [0.1, 0.15) is 12.3 Å². The van der Waals surface area contributed by atoms with Gasteiger partial charge in [0, 0.05) is 11.8 Å². The van der Waals surface area contributed by atoms with Crippen LogP contribution in [0.4, 0.5) is 11.4 Å². The molecule has 0 saturated heterocycles. The van der Waals surface area contributed by atoms with Crippen molar-refractivity contribution in [1.82, 2.24) is 0 Å². The van der Waals surface area contributed by atoms with Gasteiger partial charge in [-0.2, -0.15) is 0 Å². The van der Waals surface area contributed by atoms with Crippen molar-refractivity contribution < 1.29 is 17.9 Å². The molecule has 0 aromatic heterocycles. The highest BCUT2D eigenvalue weighted by molar-refractivity contribution is 7.92. The Labute approximate surface area is 154 Å². The van der Waals surface area contributed by atoms with Gasteiger partial charge in [0.15, 0.2) is 0 Å². The first-order valence-corrected chi connectivity index (χ1v) is 10.1. The highest BCUT2D eigenvalue weighted by Crippen LogP contribution is 2.24. The van der Waals surface area contributed by atoms with E-state index in [2.05, 4.69) is 5.32 Å². The summed E-state index contributed by atoms with van der Waals surface area (Å²) < 4.78 is 30.9. The Hall–Kier alpha value is -2.54. The van der Waals surface area contributed by atoms with Crippen molar-refractivity contribution in [2.75, 3.05) is 29.0 Å². The van der Waals surface area contributed by atoms with Crippen molar-refractivity contribution in [2.24, 2.45) is 0 Å². The molecule has 0 heterocycles. The predicted octanol–water partition coefficient (Wildman–Crippen LogP) is 3.11. The van der Waals surface area contributed by atoms with Crippen LogP contribution in [0.25, 0.3) is 0 Å². The summed E-state index contributed by atoms with van der Waals surface area (Å²) in [6, 6.07) is 12.3. The van der Waals surface area contributed by atoms with Crippen LogP contribution in [0.3, 0.4) is 0 Å². The second kappa shape index (κ2) is 8.23. The van der Waals surface area contributed by atoms with Crippen LogP contribution in [0, 0.1) is 13.8 Å². The van der Waals surface area contributed by atoms with E-state index in [4.69, 9.17) is 4.74 Å². The Morgan fingerprint density at radius 2 is 1.85 bits per heavy atom. The van der Waals surface area contributed by atoms with Crippen LogP contribution >= 0.6 is 0 Å². The lowest BCUT2D eigenvalue weighted by molar-refractivity contribution is -0.114. The van der Waals surface area contributed by atoms with E-state index in [0.29, 0.717) is 23.7 Å². The molecule has 2 aromatic carbocycles. The maximum Gasteiger partial charge on any atom is 0.245 e. The Kier molecular flexibility index (Phi) is 6.26. The number of nitrogens with one attached hydrogen (secondary N) is 1. The zero-order valence-electron chi connectivity index (χ0n) is 15.4. The number of hydrogen-bond donors (Lipinski definition) is 1. The first-order chi connectivity index (χ1) is 12.2. The van der Waals surface area contributed by atoms with E-state index >= 15 is 0 Å². The highest BCUT2D eigenvalue weighted by Gasteiger charge is 2.21. The third kappa shape index (κ3) is 4.98. The first-order valence-electron chi connectivity index (χ1n) is 8.29. The van der Waals surface area contributed by atoms with Crippen molar-refractivity contribution in [1.29, 1.82) is 0 Å². The minimum Gasteiger partial charge on any atom is -0.494 e. The van der Waals surface area contributed by atoms with Gasteiger partial charge in [-0.25, -0.2) is 8.42 Å². The molecule has 6 nitrogen and oxygen atoms in total. The number of nitrogens with zero attached hydrogens (tertiary/aromatic N) is 1. The van der Waals surface area contributed by atoms with Gasteiger partial charge in [0.05, 0.1) is 18.6 Å². The Balaban J connectivity index is 2.24. The minimum absolute atomic E-state index is 0.318. The summed E-state index contributed by atoms with van der Waals surface area (Å²) in [7, 11) is -3.64. The summed E-state index contributed by atoms with van der Waals surface area (Å²) in [5.74, 6) is 0.138. The topological polar surface area (TPSA) is 75.7 Å². The number of ether oxygens (including phenoxy) is 1. The molecule has 0 radical (unpaired) electrons. The molecule has 1 amide bonds. The molecule has 0 saturated carbocycles. The fraction of sp³-hybridized carbons (Fsp3) is 0.316. The number of sulfonamides is 1. The van der Waals surface area contributed by atoms with Gasteiger partial charge in [0.25, 0.3) is 0 Å². The van der Waals surface area contributed by atoms with E-state index in [1.54, 1.807) is 30.3 Å². The van der Waals surface area contributed by atoms with Gasteiger partial charge in [0.2, 0.25) is 15.9 Å². The number of aryl methyl sites for hydroxylation is 1. The number of rotatable bonds is 7. The van der Waals surface area contributed by atoms with Gasteiger partial charge < -0.3 is 10.1 Å². The number of carbonyl (C=O) groups is 1. The second-order valence-electron chi connectivity index (χ2n) is 6.00. The number of amides is 1. The van der Waals surface area contributed by atoms with Crippen molar-refractivity contribution in [2.45, 2.75) is 20.8 Å². The average molecular weight is 376 g/mol. The zero-order valence-corrected chi connectivity index (χ0v) is 16.3. The van der Waals surface area contributed by atoms with Gasteiger partial charge >= 0.3 is 0 Å². The quantitative estimate of drug-likeness (QED) is 0.806. The fourth-order valence-corrected chi connectivity index (χ4v) is 3.35. The zero-order chi connectivity index (χ0) is 19.3. The molecule has 140 valence electrons. The third-order valence-corrected chi connectivity index (χ3v) is 5.12. The van der Waals surface area contributed by atoms with Crippen LogP contribution < -0.4 is 14.4 Å². The maximum atomic E-state index is 12.5. The van der Waals surface area contributed by atoms with E-state index in [9.17, 15) is 13.2 Å². The smallest absolute Gasteiger partial charge is 0.245 e. The number of benzene rings is 2. The normalized spacial score (nSPS) is 11.1. The molecule has 7 heteroatoms. The Morgan fingerprint density at radius 3 is 2.50 bits per heavy atom. The van der Waals surface area contributed by atoms with Crippen molar-refractivity contribution in [3.05, 3.63) is 53.6 Å². The van der Waals surface area contributed by atoms with Crippen LogP contribution in [0.1, 0.15) is 18.1 Å². The molecule has 0 atom stereocenters. The molecule has 0 aliphatic rings. The maximum absolute atomic E-state index is 12.5. The highest BCUT2D eigenvalue weighted by atomic mass is 32.2. The summed E-state index contributed by atoms with van der Waals surface area (Å²) in [5.41, 5.74) is 3.05. The summed E-state index contributed by atoms with van der Waals surface area (Å²) in [6.45, 7) is 5.85. The lowest BCUT2D eigenvalue weighted by Crippen LogP contribution is -2.37. The van der Waals surface area contributed by atoms with E-state index in [1.165, 1.54) is 0 Å². The Bertz CT molecular complexity index is 894. The summed E-state index contributed by atoms with van der Waals surface area (Å²) >= 11 is 0. The number of hydrogen-bond acceptors (Lipinski definition) is 4. The lowest BCUT2D eigenvalue weighted by atomic mass is 10.1. The molecule has 2 rings (SSSR count). The molecule has 0 fully saturated rings. The standard InChI is InChI=1S/C19H24N2O4S/c1-5-25-17-10-7-9-16(12-17)21(26(4,23)24)13-19(22)20-18-11-6-8-14(2)15(18)3/h6-12H,5,13H2,1-4H3,(H,20,22). The second-order valence-corrected chi connectivity index (χ2v) is 7.90. The van der Waals surface area contributed by atoms with E-state index in [1.807, 2.05) is 32.9 Å². The molecule has 0 spiro atoms. The average Bonchev–Trinajstić information content (AvgIpc) is 2.56. The summed E-state index contributed by atoms with van der Waals surface area (Å²) in [5, 5.41) is 2.79. The van der Waals surface area contributed by atoms with Gasteiger partial charge in [-0.1, -0.05) is 18.2 Å². The largest absolute Gasteiger partial charge is 0.494 e. The van der Waals surface area contributed by atoms with E-state index in [0.717, 1.165) is 21.7 Å². The molecule has 2 aromatic rings. The number of anilines is 2. The minimum atomic E-state index is -3.64. The van der Waals surface area contributed by atoms with Gasteiger partial charge in [-0.3, -0.25) is 9.10 Å². The van der Waals surface area contributed by atoms with E-state index in [-0.39, 0.29) is 6.54 Å². The van der Waals surface area contributed by atoms with Gasteiger partial charge in [-0.15, -0.1) is 0 Å². The molecular formula is C19H24N2O4S. The molecule has 0 bridgehead atoms. The van der Waals surface area contributed by atoms with E-state index < -0.39 is 15.9 Å². The predicted molar refractivity (Wildman–Crippen MR) is 104 cm³/mol. The van der Waals surface area contributed by atoms with Crippen molar-refractivity contribution >= 4 is 27.3 Å². The molecule has 0 unspecified atom stereocenters. The summed E-state index contributed by atoms with van der Waals surface area (Å²) in [6.07, 6.45) is 1.07. The molecule has 0 aliphatic heterocycles. The van der Waals surface area contributed by atoms with Crippen molar-refractivity contribution in [3.8, 4) is 5.75 Å².